The molecule has 1 aromatic carbocycles. The second kappa shape index (κ2) is 4.10. The van der Waals surface area contributed by atoms with E-state index in [1.807, 2.05) is 0 Å². The zero-order valence-electron chi connectivity index (χ0n) is 8.43. The van der Waals surface area contributed by atoms with Crippen LogP contribution >= 0.6 is 0 Å². The van der Waals surface area contributed by atoms with Gasteiger partial charge in [0.15, 0.2) is 0 Å². The number of nitrogens with two attached hydrogens (primary N) is 1. The van der Waals surface area contributed by atoms with Gasteiger partial charge in [0.05, 0.1) is 7.11 Å². The van der Waals surface area contributed by atoms with E-state index in [-0.39, 0.29) is 5.56 Å². The maximum atomic E-state index is 12.4. The summed E-state index contributed by atoms with van der Waals surface area (Å²) in [7, 11) is 1.41. The Morgan fingerprint density at radius 1 is 1.33 bits per heavy atom. The summed E-state index contributed by atoms with van der Waals surface area (Å²) in [5.41, 5.74) is 5.58. The molecule has 1 atom stereocenters. The molecule has 1 rings (SSSR count). The van der Waals surface area contributed by atoms with E-state index < -0.39 is 12.2 Å². The Morgan fingerprint density at radius 3 is 2.40 bits per heavy atom. The first-order chi connectivity index (χ1) is 6.88. The van der Waals surface area contributed by atoms with Gasteiger partial charge in [-0.05, 0) is 24.1 Å². The van der Waals surface area contributed by atoms with E-state index in [0.29, 0.717) is 11.3 Å². The molecule has 0 saturated carbocycles. The number of halogens is 3. The Hall–Kier alpha value is -1.23. The predicted molar refractivity (Wildman–Crippen MR) is 50.7 cm³/mol. The van der Waals surface area contributed by atoms with Crippen molar-refractivity contribution >= 4 is 0 Å². The molecular formula is C10H12F3NO. The van der Waals surface area contributed by atoms with Crippen LogP contribution in [0.3, 0.4) is 0 Å². The van der Waals surface area contributed by atoms with Crippen molar-refractivity contribution in [3.8, 4) is 5.75 Å². The highest BCUT2D eigenvalue weighted by Gasteiger charge is 2.38. The van der Waals surface area contributed by atoms with Gasteiger partial charge in [0.1, 0.15) is 11.8 Å². The minimum Gasteiger partial charge on any atom is -0.496 e. The lowest BCUT2D eigenvalue weighted by atomic mass is 10.0. The molecule has 5 heteroatoms. The Kier molecular flexibility index (Phi) is 3.24. The molecule has 0 unspecified atom stereocenters. The largest absolute Gasteiger partial charge is 0.496 e. The molecule has 84 valence electrons. The number of ether oxygens (including phenoxy) is 1. The number of rotatable bonds is 2. The van der Waals surface area contributed by atoms with E-state index in [9.17, 15) is 13.2 Å². The summed E-state index contributed by atoms with van der Waals surface area (Å²) in [4.78, 5) is 0. The van der Waals surface area contributed by atoms with Crippen LogP contribution in [0.4, 0.5) is 13.2 Å². The maximum absolute atomic E-state index is 12.4. The molecule has 0 bridgehead atoms. The van der Waals surface area contributed by atoms with Crippen molar-refractivity contribution in [1.82, 2.24) is 0 Å². The van der Waals surface area contributed by atoms with Gasteiger partial charge in [-0.2, -0.15) is 13.2 Å². The first-order valence-corrected chi connectivity index (χ1v) is 4.33. The summed E-state index contributed by atoms with van der Waals surface area (Å²) in [5, 5.41) is 0. The zero-order valence-corrected chi connectivity index (χ0v) is 8.43. The lowest BCUT2D eigenvalue weighted by Gasteiger charge is -2.19. The summed E-state index contributed by atoms with van der Waals surface area (Å²) in [6, 6.07) is 2.48. The van der Waals surface area contributed by atoms with Gasteiger partial charge in [-0.15, -0.1) is 0 Å². The first-order valence-electron chi connectivity index (χ1n) is 4.33. The van der Waals surface area contributed by atoms with Crippen LogP contribution in [0.25, 0.3) is 0 Å². The molecule has 2 N–H and O–H groups in total. The summed E-state index contributed by atoms with van der Waals surface area (Å²) in [6.07, 6.45) is -4.43. The number of alkyl halides is 3. The third-order valence-electron chi connectivity index (χ3n) is 2.23. The third kappa shape index (κ3) is 2.41. The van der Waals surface area contributed by atoms with Crippen LogP contribution in [-0.4, -0.2) is 13.3 Å². The topological polar surface area (TPSA) is 35.2 Å². The quantitative estimate of drug-likeness (QED) is 0.829. The summed E-state index contributed by atoms with van der Waals surface area (Å²) < 4.78 is 42.1. The van der Waals surface area contributed by atoms with E-state index in [2.05, 4.69) is 0 Å². The van der Waals surface area contributed by atoms with Crippen molar-refractivity contribution in [3.05, 3.63) is 29.3 Å². The molecular weight excluding hydrogens is 207 g/mol. The molecule has 0 saturated heterocycles. The van der Waals surface area contributed by atoms with Gasteiger partial charge in [-0.3, -0.25) is 0 Å². The molecule has 0 aromatic heterocycles. The van der Waals surface area contributed by atoms with Crippen LogP contribution in [0, 0.1) is 6.92 Å². The second-order valence-electron chi connectivity index (χ2n) is 3.19. The number of methoxy groups -OCH3 is 1. The first kappa shape index (κ1) is 11.8. The molecule has 0 aliphatic carbocycles. The Labute approximate surface area is 85.8 Å². The highest BCUT2D eigenvalue weighted by Crippen LogP contribution is 2.34. The van der Waals surface area contributed by atoms with Crippen molar-refractivity contribution < 1.29 is 17.9 Å². The van der Waals surface area contributed by atoms with Crippen molar-refractivity contribution in [1.29, 1.82) is 0 Å². The summed E-state index contributed by atoms with van der Waals surface area (Å²) >= 11 is 0. The fourth-order valence-corrected chi connectivity index (χ4v) is 1.37. The van der Waals surface area contributed by atoms with Crippen molar-refractivity contribution in [2.75, 3.05) is 7.11 Å². The van der Waals surface area contributed by atoms with Crippen LogP contribution in [0.15, 0.2) is 18.2 Å². The smallest absolute Gasteiger partial charge is 0.407 e. The Bertz CT molecular complexity index is 349. The standard InChI is InChI=1S/C10H12F3NO/c1-6-7(9(14)10(11,12)13)4-3-5-8(6)15-2/h3-5,9H,14H2,1-2H3/t9-/m0/s1. The normalized spacial score (nSPS) is 13.7. The zero-order chi connectivity index (χ0) is 11.6. The lowest BCUT2D eigenvalue weighted by molar-refractivity contribution is -0.149. The fraction of sp³-hybridized carbons (Fsp3) is 0.400. The van der Waals surface area contributed by atoms with E-state index in [4.69, 9.17) is 10.5 Å². The van der Waals surface area contributed by atoms with E-state index >= 15 is 0 Å². The van der Waals surface area contributed by atoms with E-state index in [1.54, 1.807) is 13.0 Å². The average Bonchev–Trinajstić information content (AvgIpc) is 2.16. The van der Waals surface area contributed by atoms with Crippen molar-refractivity contribution in [2.24, 2.45) is 5.73 Å². The summed E-state index contributed by atoms with van der Waals surface area (Å²) in [6.45, 7) is 1.56. The fourth-order valence-electron chi connectivity index (χ4n) is 1.37. The third-order valence-corrected chi connectivity index (χ3v) is 2.23. The molecule has 15 heavy (non-hydrogen) atoms. The van der Waals surface area contributed by atoms with E-state index in [0.717, 1.165) is 0 Å². The number of benzene rings is 1. The molecule has 0 aliphatic heterocycles. The van der Waals surface area contributed by atoms with Crippen LogP contribution < -0.4 is 10.5 Å². The molecule has 0 radical (unpaired) electrons. The SMILES string of the molecule is COc1cccc([C@H](N)C(F)(F)F)c1C. The van der Waals surface area contributed by atoms with Gasteiger partial charge >= 0.3 is 6.18 Å². The molecule has 0 aliphatic rings. The van der Waals surface area contributed by atoms with Crippen molar-refractivity contribution in [3.63, 3.8) is 0 Å². The Balaban J connectivity index is 3.15. The average molecular weight is 219 g/mol. The highest BCUT2D eigenvalue weighted by molar-refractivity contribution is 5.41. The van der Waals surface area contributed by atoms with E-state index in [1.165, 1.54) is 19.2 Å². The maximum Gasteiger partial charge on any atom is 0.407 e. The Morgan fingerprint density at radius 2 is 1.93 bits per heavy atom. The molecule has 2 nitrogen and oxygen atoms in total. The van der Waals surface area contributed by atoms with Crippen LogP contribution in [0.5, 0.6) is 5.75 Å². The number of hydrogen-bond donors (Lipinski definition) is 1. The lowest BCUT2D eigenvalue weighted by Crippen LogP contribution is -2.29. The minimum absolute atomic E-state index is 0.0434. The highest BCUT2D eigenvalue weighted by atomic mass is 19.4. The van der Waals surface area contributed by atoms with Crippen LogP contribution in [0.1, 0.15) is 17.2 Å². The van der Waals surface area contributed by atoms with Gasteiger partial charge in [0, 0.05) is 0 Å². The van der Waals surface area contributed by atoms with Gasteiger partial charge in [-0.25, -0.2) is 0 Å². The predicted octanol–water partition coefficient (Wildman–Crippen LogP) is 2.57. The number of hydrogen-bond acceptors (Lipinski definition) is 2. The molecule has 0 amide bonds. The van der Waals surface area contributed by atoms with Crippen LogP contribution in [-0.2, 0) is 0 Å². The van der Waals surface area contributed by atoms with Gasteiger partial charge < -0.3 is 10.5 Å². The van der Waals surface area contributed by atoms with Gasteiger partial charge in [-0.1, -0.05) is 12.1 Å². The van der Waals surface area contributed by atoms with Crippen LogP contribution in [0.2, 0.25) is 0 Å². The second-order valence-corrected chi connectivity index (χ2v) is 3.19. The van der Waals surface area contributed by atoms with Gasteiger partial charge in [0.25, 0.3) is 0 Å². The van der Waals surface area contributed by atoms with Crippen molar-refractivity contribution in [2.45, 2.75) is 19.1 Å². The molecule has 0 fully saturated rings. The minimum atomic E-state index is -4.43. The summed E-state index contributed by atoms with van der Waals surface area (Å²) in [5.74, 6) is 0.409. The molecule has 1 aromatic rings. The molecule has 0 heterocycles. The molecule has 0 spiro atoms. The monoisotopic (exact) mass is 219 g/mol. The van der Waals surface area contributed by atoms with Gasteiger partial charge in [0.2, 0.25) is 0 Å².